The lowest BCUT2D eigenvalue weighted by molar-refractivity contribution is -0.122. The van der Waals surface area contributed by atoms with Crippen molar-refractivity contribution >= 4 is 36.4 Å². The zero-order chi connectivity index (χ0) is 20.2. The number of halogens is 2. The third-order valence-corrected chi connectivity index (χ3v) is 6.36. The number of methoxy groups -OCH3 is 1. The molecule has 2 aliphatic carbocycles. The van der Waals surface area contributed by atoms with Crippen LogP contribution < -0.4 is 20.5 Å². The van der Waals surface area contributed by atoms with Crippen molar-refractivity contribution in [2.75, 3.05) is 12.4 Å². The van der Waals surface area contributed by atoms with Gasteiger partial charge in [-0.3, -0.25) is 9.78 Å². The quantitative estimate of drug-likeness (QED) is 0.647. The van der Waals surface area contributed by atoms with Gasteiger partial charge < -0.3 is 20.5 Å². The van der Waals surface area contributed by atoms with E-state index in [1.54, 1.807) is 19.5 Å². The van der Waals surface area contributed by atoms with Crippen molar-refractivity contribution in [3.63, 3.8) is 0 Å². The highest BCUT2D eigenvalue weighted by Crippen LogP contribution is 2.42. The molecule has 0 aliphatic heterocycles. The highest BCUT2D eigenvalue weighted by Gasteiger charge is 2.40. The van der Waals surface area contributed by atoms with Crippen LogP contribution in [0.2, 0.25) is 0 Å². The molecule has 8 heteroatoms. The van der Waals surface area contributed by atoms with Crippen LogP contribution in [0, 0.1) is 17.8 Å². The smallest absolute Gasteiger partial charge is 0.227 e. The van der Waals surface area contributed by atoms with Gasteiger partial charge in [-0.1, -0.05) is 6.42 Å². The first-order chi connectivity index (χ1) is 14.1. The number of rotatable bonds is 6. The minimum absolute atomic E-state index is 0. The second-order valence-corrected chi connectivity index (χ2v) is 8.20. The van der Waals surface area contributed by atoms with Crippen LogP contribution in [0.1, 0.15) is 37.7 Å². The summed E-state index contributed by atoms with van der Waals surface area (Å²) in [7, 11) is 1.61. The number of aromatic nitrogens is 1. The summed E-state index contributed by atoms with van der Waals surface area (Å²) < 4.78 is 11.3. The number of pyridine rings is 1. The van der Waals surface area contributed by atoms with Crippen molar-refractivity contribution in [1.82, 2.24) is 4.98 Å². The molecule has 2 atom stereocenters. The van der Waals surface area contributed by atoms with E-state index in [0.717, 1.165) is 36.9 Å². The molecule has 2 saturated carbocycles. The van der Waals surface area contributed by atoms with E-state index in [-0.39, 0.29) is 42.7 Å². The molecule has 1 aromatic heterocycles. The van der Waals surface area contributed by atoms with E-state index in [1.165, 1.54) is 6.42 Å². The van der Waals surface area contributed by atoms with E-state index in [4.69, 9.17) is 15.2 Å². The second-order valence-electron chi connectivity index (χ2n) is 8.20. The molecule has 3 N–H and O–H groups in total. The first kappa shape index (κ1) is 25.2. The number of nitrogens with one attached hydrogen (secondary N) is 1. The Labute approximate surface area is 196 Å². The van der Waals surface area contributed by atoms with Gasteiger partial charge in [0.05, 0.1) is 7.11 Å². The van der Waals surface area contributed by atoms with E-state index in [1.807, 2.05) is 30.3 Å². The van der Waals surface area contributed by atoms with Crippen LogP contribution in [0.15, 0.2) is 42.7 Å². The first-order valence-electron chi connectivity index (χ1n) is 10.4. The highest BCUT2D eigenvalue weighted by molar-refractivity contribution is 5.93. The number of hydrogen-bond donors (Lipinski definition) is 2. The summed E-state index contributed by atoms with van der Waals surface area (Å²) in [6.07, 6.45) is 8.80. The van der Waals surface area contributed by atoms with Crippen molar-refractivity contribution in [3.05, 3.63) is 48.3 Å². The maximum absolute atomic E-state index is 12.9. The van der Waals surface area contributed by atoms with Crippen LogP contribution in [-0.2, 0) is 11.4 Å². The molecule has 1 heterocycles. The lowest BCUT2D eigenvalue weighted by atomic mass is 9.65. The van der Waals surface area contributed by atoms with Crippen LogP contribution in [0.4, 0.5) is 5.69 Å². The summed E-state index contributed by atoms with van der Waals surface area (Å²) >= 11 is 0. The van der Waals surface area contributed by atoms with E-state index in [9.17, 15) is 4.79 Å². The molecule has 6 nitrogen and oxygen atoms in total. The van der Waals surface area contributed by atoms with Crippen LogP contribution in [0.25, 0.3) is 0 Å². The number of nitrogens with zero attached hydrogens (tertiary/aromatic N) is 1. The first-order valence-corrected chi connectivity index (χ1v) is 10.4. The molecule has 1 amide bonds. The predicted octanol–water partition coefficient (Wildman–Crippen LogP) is 4.60. The maximum Gasteiger partial charge on any atom is 0.227 e. The fraction of sp³-hybridized carbons (Fsp3) is 0.478. The fourth-order valence-corrected chi connectivity index (χ4v) is 4.75. The molecule has 2 bridgehead atoms. The number of hydrogen-bond acceptors (Lipinski definition) is 5. The second kappa shape index (κ2) is 11.6. The molecule has 31 heavy (non-hydrogen) atoms. The molecule has 0 spiro atoms. The maximum atomic E-state index is 12.9. The minimum Gasteiger partial charge on any atom is -0.493 e. The molecule has 0 radical (unpaired) electrons. The topological polar surface area (TPSA) is 86.5 Å². The van der Waals surface area contributed by atoms with Gasteiger partial charge in [0, 0.05) is 36.1 Å². The molecule has 2 aliphatic rings. The zero-order valence-corrected chi connectivity index (χ0v) is 19.3. The molecule has 2 unspecified atom stereocenters. The van der Waals surface area contributed by atoms with Crippen LogP contribution >= 0.6 is 24.8 Å². The summed E-state index contributed by atoms with van der Waals surface area (Å²) in [6.45, 7) is 0.403. The summed E-state index contributed by atoms with van der Waals surface area (Å²) in [5.41, 5.74) is 8.10. The van der Waals surface area contributed by atoms with Crippen molar-refractivity contribution < 1.29 is 14.3 Å². The molecule has 1 aromatic carbocycles. The van der Waals surface area contributed by atoms with Gasteiger partial charge in [0.25, 0.3) is 0 Å². The Kier molecular flexibility index (Phi) is 9.41. The Hall–Kier alpha value is -2.02. The molecule has 2 aromatic rings. The Morgan fingerprint density at radius 3 is 2.42 bits per heavy atom. The van der Waals surface area contributed by atoms with Crippen LogP contribution in [0.3, 0.4) is 0 Å². The van der Waals surface area contributed by atoms with Crippen molar-refractivity contribution in [1.29, 1.82) is 0 Å². The average molecular weight is 468 g/mol. The van der Waals surface area contributed by atoms with Gasteiger partial charge >= 0.3 is 0 Å². The molecular weight excluding hydrogens is 437 g/mol. The van der Waals surface area contributed by atoms with Gasteiger partial charge in [-0.15, -0.1) is 24.8 Å². The molecule has 0 saturated heterocycles. The number of fused-ring (bicyclic) bond motifs is 2. The largest absolute Gasteiger partial charge is 0.493 e. The molecule has 170 valence electrons. The fourth-order valence-electron chi connectivity index (χ4n) is 4.75. The van der Waals surface area contributed by atoms with Crippen molar-refractivity contribution in [2.45, 2.75) is 44.8 Å². The van der Waals surface area contributed by atoms with Crippen molar-refractivity contribution in [2.24, 2.45) is 23.5 Å². The van der Waals surface area contributed by atoms with E-state index in [2.05, 4.69) is 10.3 Å². The molecular formula is C23H31Cl2N3O3. The minimum atomic E-state index is 0. The van der Waals surface area contributed by atoms with E-state index >= 15 is 0 Å². The summed E-state index contributed by atoms with van der Waals surface area (Å²) in [6, 6.07) is 9.58. The van der Waals surface area contributed by atoms with Gasteiger partial charge in [-0.25, -0.2) is 0 Å². The number of anilines is 1. The highest BCUT2D eigenvalue weighted by atomic mass is 35.5. The molecule has 4 rings (SSSR count). The van der Waals surface area contributed by atoms with Gasteiger partial charge in [-0.05, 0) is 67.3 Å². The number of benzene rings is 1. The number of amides is 1. The Balaban J connectivity index is 0.00000171. The standard InChI is InChI=1S/C23H29N3O3.2ClH/c1-28-20-6-5-19(13-21(20)29-14-15-7-9-25-10-8-15)26-23(27)18-11-16-3-2-4-17(12-18)22(16)24;;/h5-10,13,16-18,22H,2-4,11-12,14,24H2,1H3,(H,26,27);2*1H. The van der Waals surface area contributed by atoms with Gasteiger partial charge in [0.15, 0.2) is 11.5 Å². The summed E-state index contributed by atoms with van der Waals surface area (Å²) in [5, 5.41) is 3.08. The van der Waals surface area contributed by atoms with Gasteiger partial charge in [0.2, 0.25) is 5.91 Å². The lowest BCUT2D eigenvalue weighted by Crippen LogP contribution is -2.48. The Morgan fingerprint density at radius 2 is 1.77 bits per heavy atom. The van der Waals surface area contributed by atoms with Gasteiger partial charge in [-0.2, -0.15) is 0 Å². The third kappa shape index (κ3) is 6.03. The van der Waals surface area contributed by atoms with Crippen LogP contribution in [0.5, 0.6) is 11.5 Å². The third-order valence-electron chi connectivity index (χ3n) is 6.36. The average Bonchev–Trinajstić information content (AvgIpc) is 2.73. The van der Waals surface area contributed by atoms with Crippen molar-refractivity contribution in [3.8, 4) is 11.5 Å². The SMILES string of the molecule is COc1ccc(NC(=O)C2CC3CCCC(C2)C3N)cc1OCc1ccncc1.Cl.Cl. The number of nitrogens with two attached hydrogens (primary N) is 1. The predicted molar refractivity (Wildman–Crippen MR) is 126 cm³/mol. The van der Waals surface area contributed by atoms with Crippen LogP contribution in [-0.4, -0.2) is 24.0 Å². The monoisotopic (exact) mass is 467 g/mol. The number of ether oxygens (including phenoxy) is 2. The number of carbonyl (C=O) groups excluding carboxylic acids is 1. The van der Waals surface area contributed by atoms with E-state index < -0.39 is 0 Å². The zero-order valence-electron chi connectivity index (χ0n) is 17.7. The normalized spacial score (nSPS) is 24.2. The van der Waals surface area contributed by atoms with E-state index in [0.29, 0.717) is 29.9 Å². The summed E-state index contributed by atoms with van der Waals surface area (Å²) in [5.74, 6) is 2.31. The van der Waals surface area contributed by atoms with Gasteiger partial charge in [0.1, 0.15) is 6.61 Å². The number of carbonyl (C=O) groups is 1. The Bertz CT molecular complexity index is 839. The molecule has 2 fully saturated rings. The summed E-state index contributed by atoms with van der Waals surface area (Å²) in [4.78, 5) is 16.9. The Morgan fingerprint density at radius 1 is 1.10 bits per heavy atom. The lowest BCUT2D eigenvalue weighted by Gasteiger charge is -2.43.